The summed E-state index contributed by atoms with van der Waals surface area (Å²) in [7, 11) is 0. The summed E-state index contributed by atoms with van der Waals surface area (Å²) in [5.41, 5.74) is 0. The highest BCUT2D eigenvalue weighted by Crippen LogP contribution is 2.13. The van der Waals surface area contributed by atoms with Gasteiger partial charge in [0.1, 0.15) is 11.5 Å². The molecule has 6 heteroatoms. The molecule has 0 unspecified atom stereocenters. The molecule has 0 heterocycles. The first-order valence-corrected chi connectivity index (χ1v) is 5.25. The molecule has 0 saturated heterocycles. The highest BCUT2D eigenvalue weighted by Gasteiger charge is 1.84. The third-order valence-corrected chi connectivity index (χ3v) is 1.45. The maximum atomic E-state index is 9.37. The van der Waals surface area contributed by atoms with Gasteiger partial charge in [-0.15, -0.1) is 0 Å². The number of phenolic OH excluding ortho intramolecular Hbond substituents is 2. The second kappa shape index (κ2) is 11.3. The molecule has 4 N–H and O–H groups in total. The van der Waals surface area contributed by atoms with E-state index in [2.05, 4.69) is 0 Å². The van der Waals surface area contributed by atoms with Crippen molar-refractivity contribution in [2.75, 3.05) is 0 Å². The minimum atomic E-state index is -0.745. The van der Waals surface area contributed by atoms with Crippen LogP contribution >= 0.6 is 0 Å². The summed E-state index contributed by atoms with van der Waals surface area (Å²) in [5, 5.41) is 32.7. The molecule has 0 bridgehead atoms. The molecule has 1 aromatic carbocycles. The summed E-state index contributed by atoms with van der Waals surface area (Å²) in [4.78, 5) is 18.7. The van der Waals surface area contributed by atoms with Crippen LogP contribution in [0.1, 0.15) is 26.7 Å². The van der Waals surface area contributed by atoms with Gasteiger partial charge in [0.2, 0.25) is 0 Å². The fraction of sp³-hybridized carbons (Fsp3) is 0.333. The Balaban J connectivity index is 0. The van der Waals surface area contributed by atoms with Gasteiger partial charge in [0, 0.05) is 12.8 Å². The number of phenols is 2. The van der Waals surface area contributed by atoms with Crippen molar-refractivity contribution in [2.45, 2.75) is 26.7 Å². The average molecular weight is 258 g/mol. The number of carbonyl (C=O) groups is 2. The van der Waals surface area contributed by atoms with Crippen LogP contribution in [0.15, 0.2) is 24.3 Å². The van der Waals surface area contributed by atoms with Crippen LogP contribution in [0.25, 0.3) is 0 Å². The first-order valence-electron chi connectivity index (χ1n) is 5.25. The number of aromatic hydroxyl groups is 2. The van der Waals surface area contributed by atoms with Crippen molar-refractivity contribution in [3.05, 3.63) is 24.3 Å². The monoisotopic (exact) mass is 258 g/mol. The second-order valence-electron chi connectivity index (χ2n) is 3.01. The summed E-state index contributed by atoms with van der Waals surface area (Å²) in [6.07, 6.45) is 0.444. The van der Waals surface area contributed by atoms with Crippen molar-refractivity contribution < 1.29 is 30.0 Å². The SMILES string of the molecule is CCC(=O)O.CCC(=O)O.Oc1ccc(O)cc1. The number of hydrogen-bond acceptors (Lipinski definition) is 4. The van der Waals surface area contributed by atoms with E-state index in [0.717, 1.165) is 0 Å². The number of carboxylic acids is 2. The lowest BCUT2D eigenvalue weighted by atomic mass is 10.3. The molecule has 18 heavy (non-hydrogen) atoms. The normalized spacial score (nSPS) is 8.11. The Hall–Kier alpha value is -2.24. The van der Waals surface area contributed by atoms with E-state index >= 15 is 0 Å². The first-order chi connectivity index (χ1) is 8.33. The number of rotatable bonds is 2. The van der Waals surface area contributed by atoms with E-state index in [4.69, 9.17) is 20.4 Å². The van der Waals surface area contributed by atoms with Crippen LogP contribution in [0, 0.1) is 0 Å². The van der Waals surface area contributed by atoms with Gasteiger partial charge in [-0.3, -0.25) is 9.59 Å². The lowest BCUT2D eigenvalue weighted by Crippen LogP contribution is -1.86. The molecule has 0 aliphatic rings. The van der Waals surface area contributed by atoms with Crippen LogP contribution in [0.3, 0.4) is 0 Å². The molecule has 0 aromatic heterocycles. The third kappa shape index (κ3) is 16.2. The molecule has 0 aliphatic heterocycles. The summed E-state index contributed by atoms with van der Waals surface area (Å²) >= 11 is 0. The number of aliphatic carboxylic acids is 2. The molecular formula is C12H18O6. The van der Waals surface area contributed by atoms with E-state index in [1.54, 1.807) is 13.8 Å². The molecule has 0 aliphatic carbocycles. The smallest absolute Gasteiger partial charge is 0.303 e. The molecule has 1 rings (SSSR count). The lowest BCUT2D eigenvalue weighted by Gasteiger charge is -1.88. The van der Waals surface area contributed by atoms with Crippen LogP contribution in [-0.2, 0) is 9.59 Å². The first kappa shape index (κ1) is 18.1. The van der Waals surface area contributed by atoms with Gasteiger partial charge in [0.25, 0.3) is 0 Å². The summed E-state index contributed by atoms with van der Waals surface area (Å²) in [5.74, 6) is -1.15. The minimum Gasteiger partial charge on any atom is -0.508 e. The van der Waals surface area contributed by atoms with Gasteiger partial charge in [0.05, 0.1) is 0 Å². The maximum absolute atomic E-state index is 9.37. The fourth-order valence-electron chi connectivity index (χ4n) is 0.453. The van der Waals surface area contributed by atoms with Crippen molar-refractivity contribution in [1.82, 2.24) is 0 Å². The molecule has 1 aromatic rings. The van der Waals surface area contributed by atoms with E-state index < -0.39 is 11.9 Å². The van der Waals surface area contributed by atoms with Crippen molar-refractivity contribution in [2.24, 2.45) is 0 Å². The van der Waals surface area contributed by atoms with Crippen LogP contribution < -0.4 is 0 Å². The standard InChI is InChI=1S/C6H6O2.2C3H6O2/c7-5-1-2-6(8)4-3-5;2*1-2-3(4)5/h1-4,7-8H;2*2H2,1H3,(H,4,5). The van der Waals surface area contributed by atoms with Gasteiger partial charge in [-0.2, -0.15) is 0 Å². The van der Waals surface area contributed by atoms with Crippen molar-refractivity contribution >= 4 is 11.9 Å². The Labute approximate surface area is 105 Å². The van der Waals surface area contributed by atoms with E-state index in [9.17, 15) is 9.59 Å². The highest BCUT2D eigenvalue weighted by molar-refractivity contribution is 5.66. The summed E-state index contributed by atoms with van der Waals surface area (Å²) in [6.45, 7) is 3.20. The third-order valence-electron chi connectivity index (χ3n) is 1.45. The van der Waals surface area contributed by atoms with Gasteiger partial charge in [0.15, 0.2) is 0 Å². The molecule has 6 nitrogen and oxygen atoms in total. The largest absolute Gasteiger partial charge is 0.508 e. The van der Waals surface area contributed by atoms with Crippen LogP contribution in [-0.4, -0.2) is 32.4 Å². The molecular weight excluding hydrogens is 240 g/mol. The fourth-order valence-corrected chi connectivity index (χ4v) is 0.453. The quantitative estimate of drug-likeness (QED) is 0.603. The lowest BCUT2D eigenvalue weighted by molar-refractivity contribution is -0.137. The zero-order valence-electron chi connectivity index (χ0n) is 10.3. The highest BCUT2D eigenvalue weighted by atomic mass is 16.4. The van der Waals surface area contributed by atoms with Gasteiger partial charge in [-0.05, 0) is 24.3 Å². The van der Waals surface area contributed by atoms with Crippen LogP contribution in [0.5, 0.6) is 11.5 Å². The van der Waals surface area contributed by atoms with E-state index in [1.807, 2.05) is 0 Å². The average Bonchev–Trinajstić information content (AvgIpc) is 2.34. The van der Waals surface area contributed by atoms with Gasteiger partial charge in [-0.1, -0.05) is 13.8 Å². The van der Waals surface area contributed by atoms with E-state index in [0.29, 0.717) is 0 Å². The molecule has 102 valence electrons. The van der Waals surface area contributed by atoms with Crippen LogP contribution in [0.4, 0.5) is 0 Å². The number of benzene rings is 1. The van der Waals surface area contributed by atoms with Crippen molar-refractivity contribution in [1.29, 1.82) is 0 Å². The molecule has 0 amide bonds. The Bertz CT molecular complexity index is 309. The van der Waals surface area contributed by atoms with Gasteiger partial charge < -0.3 is 20.4 Å². The second-order valence-corrected chi connectivity index (χ2v) is 3.01. The van der Waals surface area contributed by atoms with Crippen LogP contribution in [0.2, 0.25) is 0 Å². The number of carboxylic acid groups (broad SMARTS) is 2. The minimum absolute atomic E-state index is 0.169. The van der Waals surface area contributed by atoms with E-state index in [1.165, 1.54) is 24.3 Å². The predicted molar refractivity (Wildman–Crippen MR) is 65.6 cm³/mol. The van der Waals surface area contributed by atoms with E-state index in [-0.39, 0.29) is 24.3 Å². The zero-order valence-corrected chi connectivity index (χ0v) is 10.3. The molecule has 0 atom stereocenters. The van der Waals surface area contributed by atoms with Crippen molar-refractivity contribution in [3.63, 3.8) is 0 Å². The molecule has 0 spiro atoms. The molecule has 0 saturated carbocycles. The molecule has 0 radical (unpaired) electrons. The van der Waals surface area contributed by atoms with Gasteiger partial charge >= 0.3 is 11.9 Å². The van der Waals surface area contributed by atoms with Gasteiger partial charge in [-0.25, -0.2) is 0 Å². The Morgan fingerprint density at radius 3 is 1.11 bits per heavy atom. The topological polar surface area (TPSA) is 115 Å². The molecule has 0 fully saturated rings. The Kier molecular flexibility index (Phi) is 11.3. The zero-order chi connectivity index (χ0) is 14.6. The van der Waals surface area contributed by atoms with Crippen molar-refractivity contribution in [3.8, 4) is 11.5 Å². The maximum Gasteiger partial charge on any atom is 0.303 e. The summed E-state index contributed by atoms with van der Waals surface area (Å²) < 4.78 is 0. The Morgan fingerprint density at radius 2 is 1.00 bits per heavy atom. The number of hydrogen-bond donors (Lipinski definition) is 4. The summed E-state index contributed by atoms with van der Waals surface area (Å²) in [6, 6.07) is 5.70. The Morgan fingerprint density at radius 1 is 0.833 bits per heavy atom. The predicted octanol–water partition coefficient (Wildman–Crippen LogP) is 2.06.